The van der Waals surface area contributed by atoms with Crippen LogP contribution < -0.4 is 85.1 Å². The smallest absolute Gasteiger partial charge is 0.305 e. The number of nitrogens with one attached hydrogen (secondary N) is 16. The normalized spacial score (nSPS) is 19.9. The van der Waals surface area contributed by atoms with Crippen molar-refractivity contribution < 1.29 is 126 Å². The number of nitrogens with zero attached hydrogens (tertiary/aromatic N) is 1. The summed E-state index contributed by atoms with van der Waals surface area (Å²) in [6, 6.07) is -9.30. The van der Waals surface area contributed by atoms with Crippen LogP contribution in [0.2, 0.25) is 0 Å². The molecule has 2 aromatic rings. The molecule has 4 unspecified atom stereocenters. The molecule has 13 atom stereocenters. The summed E-state index contributed by atoms with van der Waals surface area (Å²) in [6.45, 7) is 10.6. The quantitative estimate of drug-likeness (QED) is 0.0219. The lowest BCUT2D eigenvalue weighted by molar-refractivity contribution is -0.143. The standard InChI is InChI=1S/C75H111N17O26S2/c1-38(2)27-49(67(108)86-52(31-61(101)102)64(105)76-20-23-117-25-26-118-24-21-77-66(107)55(81-43(8)96)33-78-41(6)94)83-72(113)58-37-120-119-36-57(89-73(114)59-11-10-22-92(59)75(116)54(28-39(3)4)88-70(111)56(82-44(9)97)34-79-42(7)95)71(112)87-53(32-62(103)104)69(110)85-51(30-46-14-18-48(99)19-15-46)68(109)84-50(29-45-12-16-47(98)17-13-45)65(106)80-35-60(100)91-63(40(5)93)74(115)90-58/h12-19,38-40,49-59,63,93,98-99H,10-11,20-37H2,1-9H3,(H,76,105)(H,77,107)(H,78,94)(H,79,95)(H,80,106)(H,81,96)(H,82,97)(H,83,113)(H,84,109)(H,85,110)(H,86,108)(H,87,112)(H,88,111)(H,89,114)(H,90,115)(H,91,100)(H,101,102)(H,103,104)/t40?,49-,50-,51-,52-,53-,54?,55?,56?,57-,58-,59-,63-/m0/s1. The lowest BCUT2D eigenvalue weighted by Gasteiger charge is -2.31. The molecule has 2 aromatic carbocycles. The minimum Gasteiger partial charge on any atom is -0.508 e. The molecule has 4 rings (SSSR count). The summed E-state index contributed by atoms with van der Waals surface area (Å²) >= 11 is 0. The van der Waals surface area contributed by atoms with Crippen LogP contribution in [-0.2, 0) is 113 Å². The van der Waals surface area contributed by atoms with Crippen molar-refractivity contribution >= 4 is 134 Å². The first kappa shape index (κ1) is 101. The molecule has 2 heterocycles. The fourth-order valence-electron chi connectivity index (χ4n) is 12.0. The maximum atomic E-state index is 15.0. The van der Waals surface area contributed by atoms with Gasteiger partial charge in [0.1, 0.15) is 84.0 Å². The number of benzene rings is 2. The maximum Gasteiger partial charge on any atom is 0.305 e. The number of phenols is 2. The number of hydrogen-bond donors (Lipinski definition) is 21. The SMILES string of the molecule is CC(=O)NCC(NC(C)=O)C(=O)NCCOCCOCCNC(=O)[C@H](CC(=O)O)NC(=O)[C@H](CC(C)C)NC(=O)[C@@H]1CSSC[C@H](NC(=O)[C@@H]2CCCN2C(=O)C(CC(C)C)NC(=O)C(CNC(C)=O)NC(C)=O)C(=O)N[C@@H](CC(=O)O)C(=O)N[C@@H](Cc2ccc(O)cc2)C(=O)N[C@@H](Cc2ccc(O)cc2)C(=O)NCC(=O)N[C@@H](C(C)O)C(=O)N1. The average molecular weight is 1730 g/mol. The minimum atomic E-state index is -2.12. The number of carbonyl (C=O) groups is 19. The van der Waals surface area contributed by atoms with Crippen molar-refractivity contribution in [2.45, 2.75) is 192 Å². The molecule has 0 aliphatic carbocycles. The van der Waals surface area contributed by atoms with Crippen molar-refractivity contribution in [3.8, 4) is 11.5 Å². The third-order valence-corrected chi connectivity index (χ3v) is 20.2. The van der Waals surface area contributed by atoms with Crippen molar-refractivity contribution in [3.63, 3.8) is 0 Å². The van der Waals surface area contributed by atoms with Gasteiger partial charge in [-0.05, 0) is 79.8 Å². The summed E-state index contributed by atoms with van der Waals surface area (Å²) < 4.78 is 11.0. The number of aliphatic hydroxyl groups is 1. The van der Waals surface area contributed by atoms with Crippen molar-refractivity contribution in [2.75, 3.05) is 77.2 Å². The van der Waals surface area contributed by atoms with Crippen LogP contribution in [0.5, 0.6) is 11.5 Å². The first-order valence-electron chi connectivity index (χ1n) is 38.6. The number of aliphatic hydroxyl groups excluding tert-OH is 1. The Bertz CT molecular complexity index is 3920. The Hall–Kier alpha value is -11.5. The second-order valence-electron chi connectivity index (χ2n) is 29.1. The van der Waals surface area contributed by atoms with Crippen LogP contribution in [0.3, 0.4) is 0 Å². The van der Waals surface area contributed by atoms with Crippen LogP contribution in [0.4, 0.5) is 0 Å². The van der Waals surface area contributed by atoms with Crippen molar-refractivity contribution in [3.05, 3.63) is 59.7 Å². The third-order valence-electron chi connectivity index (χ3n) is 17.8. The Kier molecular flexibility index (Phi) is 43.5. The van der Waals surface area contributed by atoms with E-state index in [-0.39, 0.29) is 114 Å². The van der Waals surface area contributed by atoms with Crippen molar-refractivity contribution in [1.29, 1.82) is 0 Å². The lowest BCUT2D eigenvalue weighted by Crippen LogP contribution is -2.61. The van der Waals surface area contributed by atoms with Crippen LogP contribution in [0.15, 0.2) is 48.5 Å². The minimum absolute atomic E-state index is 0.00118. The summed E-state index contributed by atoms with van der Waals surface area (Å²) in [5.41, 5.74) is 0.578. The van der Waals surface area contributed by atoms with E-state index in [2.05, 4.69) is 85.1 Å². The molecule has 17 amide bonds. The van der Waals surface area contributed by atoms with E-state index in [1.54, 1.807) is 27.7 Å². The summed E-state index contributed by atoms with van der Waals surface area (Å²) in [4.78, 5) is 259. The zero-order chi connectivity index (χ0) is 89.5. The molecular weight excluding hydrogens is 1620 g/mol. The molecule has 120 heavy (non-hydrogen) atoms. The molecule has 0 radical (unpaired) electrons. The van der Waals surface area contributed by atoms with Gasteiger partial charge in [0.25, 0.3) is 0 Å². The molecule has 0 bridgehead atoms. The molecule has 2 fully saturated rings. The number of carbonyl (C=O) groups excluding carboxylic acids is 17. The Labute approximate surface area is 699 Å². The van der Waals surface area contributed by atoms with Gasteiger partial charge < -0.3 is 125 Å². The fraction of sp³-hybridized carbons (Fsp3) is 0.587. The van der Waals surface area contributed by atoms with E-state index >= 15 is 4.79 Å². The molecular formula is C75H111N17O26S2. The maximum absolute atomic E-state index is 15.0. The molecule has 2 aliphatic rings. The predicted molar refractivity (Wildman–Crippen MR) is 429 cm³/mol. The van der Waals surface area contributed by atoms with E-state index in [1.807, 2.05) is 0 Å². The molecule has 45 heteroatoms. The molecule has 0 spiro atoms. The molecule has 2 aliphatic heterocycles. The number of aliphatic carboxylic acids is 2. The van der Waals surface area contributed by atoms with Gasteiger partial charge in [-0.25, -0.2) is 0 Å². The van der Waals surface area contributed by atoms with Crippen LogP contribution in [0.1, 0.15) is 112 Å². The number of aromatic hydroxyl groups is 2. The van der Waals surface area contributed by atoms with E-state index in [1.165, 1.54) is 69.3 Å². The number of rotatable bonds is 39. The molecule has 2 saturated heterocycles. The zero-order valence-electron chi connectivity index (χ0n) is 68.0. The highest BCUT2D eigenvalue weighted by Gasteiger charge is 2.42. The summed E-state index contributed by atoms with van der Waals surface area (Å²) in [5, 5.41) is 90.8. The number of likely N-dealkylation sites (tertiary alicyclic amines) is 1. The number of phenolic OH excluding ortho intramolecular Hbond substituents is 2. The second-order valence-corrected chi connectivity index (χ2v) is 31.7. The first-order chi connectivity index (χ1) is 56.6. The molecule has 43 nitrogen and oxygen atoms in total. The van der Waals surface area contributed by atoms with Gasteiger partial charge in [-0.2, -0.15) is 0 Å². The Balaban J connectivity index is 1.76. The lowest BCUT2D eigenvalue weighted by atomic mass is 10.0. The van der Waals surface area contributed by atoms with Gasteiger partial charge in [0.15, 0.2) is 0 Å². The molecule has 21 N–H and O–H groups in total. The van der Waals surface area contributed by atoms with E-state index in [0.29, 0.717) is 27.2 Å². The summed E-state index contributed by atoms with van der Waals surface area (Å²) in [7, 11) is 1.41. The predicted octanol–water partition coefficient (Wildman–Crippen LogP) is -6.28. The average Bonchev–Trinajstić information content (AvgIpc) is 1.62. The number of hydrogen-bond acceptors (Lipinski definition) is 26. The second kappa shape index (κ2) is 51.8. The molecule has 664 valence electrons. The third kappa shape index (κ3) is 37.7. The summed E-state index contributed by atoms with van der Waals surface area (Å²) in [6.07, 6.45) is -4.92. The van der Waals surface area contributed by atoms with Crippen LogP contribution in [-0.4, -0.2) is 299 Å². The van der Waals surface area contributed by atoms with Crippen LogP contribution in [0, 0.1) is 11.8 Å². The number of carboxylic acid groups (broad SMARTS) is 2. The zero-order valence-corrected chi connectivity index (χ0v) is 69.6. The number of amides is 17. The largest absolute Gasteiger partial charge is 0.508 e. The van der Waals surface area contributed by atoms with Gasteiger partial charge in [-0.1, -0.05) is 73.5 Å². The first-order valence-corrected chi connectivity index (χ1v) is 41.1. The summed E-state index contributed by atoms with van der Waals surface area (Å²) in [5.74, 6) is -21.4. The Morgan fingerprint density at radius 2 is 0.975 bits per heavy atom. The highest BCUT2D eigenvalue weighted by Crippen LogP contribution is 2.26. The van der Waals surface area contributed by atoms with Crippen LogP contribution in [0.25, 0.3) is 0 Å². The molecule has 0 saturated carbocycles. The van der Waals surface area contributed by atoms with Gasteiger partial charge in [0, 0.05) is 84.8 Å². The van der Waals surface area contributed by atoms with Gasteiger partial charge in [0.2, 0.25) is 100 Å². The van der Waals surface area contributed by atoms with Gasteiger partial charge >= 0.3 is 11.9 Å². The monoisotopic (exact) mass is 1730 g/mol. The van der Waals surface area contributed by atoms with E-state index in [4.69, 9.17) is 9.47 Å². The topological polar surface area (TPSA) is 640 Å². The Morgan fingerprint density at radius 1 is 0.500 bits per heavy atom. The number of ether oxygens (including phenoxy) is 2. The van der Waals surface area contributed by atoms with Gasteiger partial charge in [-0.3, -0.25) is 91.1 Å². The molecule has 0 aromatic heterocycles. The van der Waals surface area contributed by atoms with Gasteiger partial charge in [0.05, 0.1) is 51.9 Å². The van der Waals surface area contributed by atoms with Gasteiger partial charge in [-0.15, -0.1) is 0 Å². The van der Waals surface area contributed by atoms with E-state index in [9.17, 15) is 112 Å². The van der Waals surface area contributed by atoms with E-state index in [0.717, 1.165) is 18.7 Å². The fourth-order valence-corrected chi connectivity index (χ4v) is 14.3. The highest BCUT2D eigenvalue weighted by atomic mass is 33.1. The van der Waals surface area contributed by atoms with Crippen LogP contribution >= 0.6 is 21.6 Å². The van der Waals surface area contributed by atoms with Crippen molar-refractivity contribution in [2.24, 2.45) is 11.8 Å². The highest BCUT2D eigenvalue weighted by molar-refractivity contribution is 8.76. The van der Waals surface area contributed by atoms with E-state index < -0.39 is 234 Å². The Morgan fingerprint density at radius 3 is 1.48 bits per heavy atom. The van der Waals surface area contributed by atoms with Crippen molar-refractivity contribution in [1.82, 2.24) is 90.0 Å². The number of carboxylic acids is 2.